The van der Waals surface area contributed by atoms with Gasteiger partial charge in [0.25, 0.3) is 5.91 Å². The van der Waals surface area contributed by atoms with Gasteiger partial charge in [-0.3, -0.25) is 10.1 Å². The van der Waals surface area contributed by atoms with Gasteiger partial charge in [-0.2, -0.15) is 4.31 Å². The molecule has 0 saturated carbocycles. The fourth-order valence-electron chi connectivity index (χ4n) is 2.16. The zero-order valence-corrected chi connectivity index (χ0v) is 17.3. The lowest BCUT2D eigenvalue weighted by molar-refractivity contribution is 0.102. The molecule has 0 aliphatic heterocycles. The molecule has 1 N–H and O–H groups in total. The van der Waals surface area contributed by atoms with E-state index in [9.17, 15) is 13.2 Å². The van der Waals surface area contributed by atoms with E-state index < -0.39 is 15.9 Å². The fraction of sp³-hybridized carbons (Fsp3) is 0.400. The monoisotopic (exact) mass is 446 g/mol. The van der Waals surface area contributed by atoms with Crippen LogP contribution in [0.2, 0.25) is 0 Å². The molecule has 1 aromatic carbocycles. The summed E-state index contributed by atoms with van der Waals surface area (Å²) < 4.78 is 27.2. The molecule has 0 bridgehead atoms. The first-order chi connectivity index (χ1) is 11.8. The molecule has 0 saturated heterocycles. The Labute approximate surface area is 159 Å². The van der Waals surface area contributed by atoms with Crippen LogP contribution in [0.4, 0.5) is 5.13 Å². The van der Waals surface area contributed by atoms with Crippen molar-refractivity contribution < 1.29 is 13.2 Å². The van der Waals surface area contributed by atoms with Crippen molar-refractivity contribution >= 4 is 48.3 Å². The van der Waals surface area contributed by atoms with Crippen molar-refractivity contribution in [1.29, 1.82) is 0 Å². The quantitative estimate of drug-likeness (QED) is 0.704. The van der Waals surface area contributed by atoms with E-state index in [1.54, 1.807) is 26.0 Å². The van der Waals surface area contributed by atoms with Crippen molar-refractivity contribution in [3.63, 3.8) is 0 Å². The number of hydrogen-bond donors (Lipinski definition) is 1. The number of amides is 1. The lowest BCUT2D eigenvalue weighted by Gasteiger charge is -2.19. The standard InChI is InChI=1S/C15H19BrN4O3S2/c1-4-13-18-19-15(24-13)17-14(21)10-7-8-11(16)12(9-10)25(22,23)20(5-2)6-3/h7-9H,4-6H2,1-3H3,(H,17,19,21). The van der Waals surface area contributed by atoms with Crippen molar-refractivity contribution in [2.45, 2.75) is 32.1 Å². The molecule has 2 rings (SSSR count). The molecule has 0 radical (unpaired) electrons. The minimum atomic E-state index is -3.68. The van der Waals surface area contributed by atoms with Gasteiger partial charge in [0.1, 0.15) is 5.01 Å². The van der Waals surface area contributed by atoms with Crippen LogP contribution in [0.15, 0.2) is 27.6 Å². The third-order valence-corrected chi connectivity index (χ3v) is 7.53. The van der Waals surface area contributed by atoms with E-state index in [0.717, 1.165) is 11.4 Å². The molecule has 1 amide bonds. The number of aryl methyl sites for hydroxylation is 1. The highest BCUT2D eigenvalue weighted by Gasteiger charge is 2.25. The van der Waals surface area contributed by atoms with E-state index >= 15 is 0 Å². The lowest BCUT2D eigenvalue weighted by atomic mass is 10.2. The summed E-state index contributed by atoms with van der Waals surface area (Å²) in [6, 6.07) is 4.49. The smallest absolute Gasteiger partial charge is 0.257 e. The Balaban J connectivity index is 2.33. The van der Waals surface area contributed by atoms with Gasteiger partial charge in [-0.15, -0.1) is 10.2 Å². The van der Waals surface area contributed by atoms with Crippen LogP contribution in [0.3, 0.4) is 0 Å². The molecule has 0 unspecified atom stereocenters. The molecule has 10 heteroatoms. The maximum Gasteiger partial charge on any atom is 0.257 e. The van der Waals surface area contributed by atoms with Crippen LogP contribution in [0.1, 0.15) is 36.1 Å². The number of benzene rings is 1. The molecule has 0 fully saturated rings. The Kier molecular flexibility index (Phi) is 6.66. The second-order valence-corrected chi connectivity index (χ2v) is 8.87. The number of anilines is 1. The third-order valence-electron chi connectivity index (χ3n) is 3.51. The number of nitrogens with zero attached hydrogens (tertiary/aromatic N) is 3. The molecule has 2 aromatic rings. The van der Waals surface area contributed by atoms with Gasteiger partial charge in [-0.05, 0) is 40.5 Å². The first-order valence-corrected chi connectivity index (χ1v) is 10.8. The molecule has 0 aliphatic rings. The Hall–Kier alpha value is -1.36. The van der Waals surface area contributed by atoms with Crippen LogP contribution in [-0.4, -0.2) is 41.9 Å². The Morgan fingerprint density at radius 1 is 1.24 bits per heavy atom. The number of hydrogen-bond acceptors (Lipinski definition) is 6. The Morgan fingerprint density at radius 3 is 2.48 bits per heavy atom. The number of aromatic nitrogens is 2. The van der Waals surface area contributed by atoms with Crippen LogP contribution < -0.4 is 5.32 Å². The number of rotatable bonds is 7. The summed E-state index contributed by atoms with van der Waals surface area (Å²) in [5.74, 6) is -0.428. The minimum absolute atomic E-state index is 0.0651. The molecule has 1 heterocycles. The first kappa shape index (κ1) is 20.0. The Morgan fingerprint density at radius 2 is 1.92 bits per heavy atom. The van der Waals surface area contributed by atoms with Gasteiger partial charge in [-0.25, -0.2) is 8.42 Å². The molecular formula is C15H19BrN4O3S2. The lowest BCUT2D eigenvalue weighted by Crippen LogP contribution is -2.31. The SMILES string of the molecule is CCc1nnc(NC(=O)c2ccc(Br)c(S(=O)(=O)N(CC)CC)c2)s1. The summed E-state index contributed by atoms with van der Waals surface area (Å²) >= 11 is 4.55. The van der Waals surface area contributed by atoms with Gasteiger partial charge in [0, 0.05) is 23.1 Å². The van der Waals surface area contributed by atoms with Gasteiger partial charge in [-0.1, -0.05) is 32.1 Å². The number of nitrogens with one attached hydrogen (secondary N) is 1. The average molecular weight is 447 g/mol. The van der Waals surface area contributed by atoms with Crippen LogP contribution in [0, 0.1) is 0 Å². The van der Waals surface area contributed by atoms with Crippen LogP contribution >= 0.6 is 27.3 Å². The summed E-state index contributed by atoms with van der Waals surface area (Å²) in [6.07, 6.45) is 0.734. The van der Waals surface area contributed by atoms with E-state index in [2.05, 4.69) is 31.4 Å². The van der Waals surface area contributed by atoms with Crippen molar-refractivity contribution in [1.82, 2.24) is 14.5 Å². The zero-order chi connectivity index (χ0) is 18.6. The number of halogens is 1. The van der Waals surface area contributed by atoms with Gasteiger partial charge >= 0.3 is 0 Å². The second-order valence-electron chi connectivity index (χ2n) is 5.04. The topological polar surface area (TPSA) is 92.3 Å². The van der Waals surface area contributed by atoms with Gasteiger partial charge in [0.15, 0.2) is 0 Å². The molecule has 25 heavy (non-hydrogen) atoms. The normalized spacial score (nSPS) is 11.7. The zero-order valence-electron chi connectivity index (χ0n) is 14.1. The molecule has 1 aromatic heterocycles. The van der Waals surface area contributed by atoms with Gasteiger partial charge in [0.05, 0.1) is 4.90 Å². The van der Waals surface area contributed by atoms with Crippen molar-refractivity contribution in [2.24, 2.45) is 0 Å². The van der Waals surface area contributed by atoms with Gasteiger partial charge < -0.3 is 0 Å². The summed E-state index contributed by atoms with van der Waals surface area (Å²) in [5.41, 5.74) is 0.238. The number of sulfonamides is 1. The van der Waals surface area contributed by atoms with Gasteiger partial charge in [0.2, 0.25) is 15.2 Å². The summed E-state index contributed by atoms with van der Waals surface area (Å²) in [7, 11) is -3.68. The van der Waals surface area contributed by atoms with Crippen molar-refractivity contribution in [3.05, 3.63) is 33.2 Å². The van der Waals surface area contributed by atoms with E-state index in [1.165, 1.54) is 21.7 Å². The molecule has 0 atom stereocenters. The van der Waals surface area contributed by atoms with Crippen LogP contribution in [0.5, 0.6) is 0 Å². The Bertz CT molecular complexity index is 863. The third kappa shape index (κ3) is 4.43. The summed E-state index contributed by atoms with van der Waals surface area (Å²) in [6.45, 7) is 6.20. The van der Waals surface area contributed by atoms with E-state index in [1.807, 2.05) is 6.92 Å². The van der Waals surface area contributed by atoms with E-state index in [-0.39, 0.29) is 10.5 Å². The average Bonchev–Trinajstić information content (AvgIpc) is 3.03. The second kappa shape index (κ2) is 8.35. The van der Waals surface area contributed by atoms with Crippen molar-refractivity contribution in [3.8, 4) is 0 Å². The van der Waals surface area contributed by atoms with E-state index in [4.69, 9.17) is 0 Å². The highest BCUT2D eigenvalue weighted by Crippen LogP contribution is 2.27. The summed E-state index contributed by atoms with van der Waals surface area (Å²) in [5, 5.41) is 11.7. The molecule has 7 nitrogen and oxygen atoms in total. The summed E-state index contributed by atoms with van der Waals surface area (Å²) in [4.78, 5) is 12.5. The molecular weight excluding hydrogens is 428 g/mol. The number of carbonyl (C=O) groups excluding carboxylic acids is 1. The van der Waals surface area contributed by atoms with Crippen LogP contribution in [0.25, 0.3) is 0 Å². The molecule has 0 spiro atoms. The number of carbonyl (C=O) groups is 1. The first-order valence-electron chi connectivity index (χ1n) is 7.76. The van der Waals surface area contributed by atoms with E-state index in [0.29, 0.717) is 22.7 Å². The van der Waals surface area contributed by atoms with Crippen molar-refractivity contribution in [2.75, 3.05) is 18.4 Å². The predicted octanol–water partition coefficient (Wildman–Crippen LogP) is 3.15. The maximum atomic E-state index is 12.7. The highest BCUT2D eigenvalue weighted by molar-refractivity contribution is 9.10. The molecule has 136 valence electrons. The fourth-order valence-corrected chi connectivity index (χ4v) is 5.24. The van der Waals surface area contributed by atoms with Crippen LogP contribution in [-0.2, 0) is 16.4 Å². The minimum Gasteiger partial charge on any atom is -0.296 e. The maximum absolute atomic E-state index is 12.7. The highest BCUT2D eigenvalue weighted by atomic mass is 79.9. The molecule has 0 aliphatic carbocycles. The predicted molar refractivity (Wildman–Crippen MR) is 101 cm³/mol. The largest absolute Gasteiger partial charge is 0.296 e.